The topological polar surface area (TPSA) is 50.4 Å². The first-order valence-electron chi connectivity index (χ1n) is 8.19. The molecule has 1 aliphatic carbocycles. The zero-order valence-electron chi connectivity index (χ0n) is 14.2. The number of unbranched alkanes of at least 4 members (excludes halogenated alkanes) is 1. The molecule has 1 aromatic carbocycles. The summed E-state index contributed by atoms with van der Waals surface area (Å²) < 4.78 is 5.28. The highest BCUT2D eigenvalue weighted by Crippen LogP contribution is 2.33. The lowest BCUT2D eigenvalue weighted by atomic mass is 10.1. The van der Waals surface area contributed by atoms with Crippen LogP contribution in [0.3, 0.4) is 0 Å². The average Bonchev–Trinajstić information content (AvgIpc) is 2.84. The van der Waals surface area contributed by atoms with Gasteiger partial charge < -0.3 is 10.1 Å². The SMILES string of the molecule is C#CCCCNC1CCc2cc(NC(=O)OC(C)(C)C)ccc21. The Hall–Kier alpha value is -1.99. The first-order valence-corrected chi connectivity index (χ1v) is 8.19. The molecular formula is C19H26N2O2. The van der Waals surface area contributed by atoms with Crippen LogP contribution in [0.15, 0.2) is 18.2 Å². The Balaban J connectivity index is 1.93. The second-order valence-corrected chi connectivity index (χ2v) is 6.89. The number of hydrogen-bond acceptors (Lipinski definition) is 3. The van der Waals surface area contributed by atoms with Gasteiger partial charge in [-0.05, 0) is 69.8 Å². The van der Waals surface area contributed by atoms with Gasteiger partial charge in [-0.1, -0.05) is 6.07 Å². The van der Waals surface area contributed by atoms with Crippen LogP contribution in [0.25, 0.3) is 0 Å². The number of terminal acetylenes is 1. The summed E-state index contributed by atoms with van der Waals surface area (Å²) in [6.07, 6.45) is 8.77. The molecule has 0 spiro atoms. The van der Waals surface area contributed by atoms with Crippen molar-refractivity contribution in [3.63, 3.8) is 0 Å². The molecule has 4 nitrogen and oxygen atoms in total. The molecule has 0 fully saturated rings. The van der Waals surface area contributed by atoms with Gasteiger partial charge in [-0.15, -0.1) is 12.3 Å². The van der Waals surface area contributed by atoms with Gasteiger partial charge in [-0.25, -0.2) is 4.79 Å². The minimum Gasteiger partial charge on any atom is -0.444 e. The zero-order valence-corrected chi connectivity index (χ0v) is 14.2. The summed E-state index contributed by atoms with van der Waals surface area (Å²) >= 11 is 0. The maximum atomic E-state index is 11.8. The molecule has 1 unspecified atom stereocenters. The molecule has 23 heavy (non-hydrogen) atoms. The molecule has 0 bridgehead atoms. The molecule has 0 aliphatic heterocycles. The number of fused-ring (bicyclic) bond motifs is 1. The van der Waals surface area contributed by atoms with Crippen molar-refractivity contribution in [3.8, 4) is 12.3 Å². The van der Waals surface area contributed by atoms with Crippen LogP contribution in [0, 0.1) is 12.3 Å². The van der Waals surface area contributed by atoms with E-state index in [1.54, 1.807) is 0 Å². The average molecular weight is 314 g/mol. The molecule has 1 amide bonds. The maximum absolute atomic E-state index is 11.8. The molecule has 2 rings (SSSR count). The van der Waals surface area contributed by atoms with Crippen LogP contribution in [-0.2, 0) is 11.2 Å². The Kier molecular flexibility index (Phi) is 5.68. The van der Waals surface area contributed by atoms with Crippen LogP contribution in [0.1, 0.15) is 57.2 Å². The first-order chi connectivity index (χ1) is 10.9. The fourth-order valence-corrected chi connectivity index (χ4v) is 2.80. The molecule has 0 aromatic heterocycles. The summed E-state index contributed by atoms with van der Waals surface area (Å²) in [5.41, 5.74) is 2.90. The number of amides is 1. The van der Waals surface area contributed by atoms with E-state index < -0.39 is 11.7 Å². The highest BCUT2D eigenvalue weighted by Gasteiger charge is 2.22. The van der Waals surface area contributed by atoms with Crippen LogP contribution >= 0.6 is 0 Å². The number of anilines is 1. The third-order valence-electron chi connectivity index (χ3n) is 3.75. The number of carbonyl (C=O) groups is 1. The monoisotopic (exact) mass is 314 g/mol. The van der Waals surface area contributed by atoms with Crippen molar-refractivity contribution in [2.75, 3.05) is 11.9 Å². The number of carbonyl (C=O) groups excluding carboxylic acids is 1. The Morgan fingerprint density at radius 3 is 2.91 bits per heavy atom. The molecule has 0 saturated heterocycles. The number of benzene rings is 1. The van der Waals surface area contributed by atoms with Crippen molar-refractivity contribution in [1.82, 2.24) is 5.32 Å². The minimum atomic E-state index is -0.492. The highest BCUT2D eigenvalue weighted by atomic mass is 16.6. The van der Waals surface area contributed by atoms with E-state index in [9.17, 15) is 4.79 Å². The predicted octanol–water partition coefficient (Wildman–Crippen LogP) is 4.02. The second-order valence-electron chi connectivity index (χ2n) is 6.89. The van der Waals surface area contributed by atoms with Crippen molar-refractivity contribution >= 4 is 11.8 Å². The van der Waals surface area contributed by atoms with E-state index in [4.69, 9.17) is 11.2 Å². The van der Waals surface area contributed by atoms with Gasteiger partial charge in [0.25, 0.3) is 0 Å². The van der Waals surface area contributed by atoms with Gasteiger partial charge in [-0.2, -0.15) is 0 Å². The van der Waals surface area contributed by atoms with Crippen LogP contribution in [0.4, 0.5) is 10.5 Å². The normalized spacial score (nSPS) is 16.5. The number of rotatable bonds is 5. The quantitative estimate of drug-likeness (QED) is 0.637. The molecule has 1 aromatic rings. The molecule has 2 N–H and O–H groups in total. The largest absolute Gasteiger partial charge is 0.444 e. The molecular weight excluding hydrogens is 288 g/mol. The minimum absolute atomic E-state index is 0.387. The van der Waals surface area contributed by atoms with E-state index in [1.807, 2.05) is 32.9 Å². The van der Waals surface area contributed by atoms with Gasteiger partial charge in [0.2, 0.25) is 0 Å². The maximum Gasteiger partial charge on any atom is 0.412 e. The van der Waals surface area contributed by atoms with Gasteiger partial charge in [0.05, 0.1) is 0 Å². The van der Waals surface area contributed by atoms with E-state index in [1.165, 1.54) is 11.1 Å². The molecule has 124 valence electrons. The van der Waals surface area contributed by atoms with Gasteiger partial charge in [0.1, 0.15) is 5.60 Å². The summed E-state index contributed by atoms with van der Waals surface area (Å²) in [7, 11) is 0. The first kappa shape index (κ1) is 17.4. The highest BCUT2D eigenvalue weighted by molar-refractivity contribution is 5.85. The fraction of sp³-hybridized carbons (Fsp3) is 0.526. The molecule has 4 heteroatoms. The van der Waals surface area contributed by atoms with Crippen molar-refractivity contribution in [3.05, 3.63) is 29.3 Å². The molecule has 1 aliphatic rings. The predicted molar refractivity (Wildman–Crippen MR) is 93.4 cm³/mol. The Morgan fingerprint density at radius 1 is 1.43 bits per heavy atom. The van der Waals surface area contributed by atoms with Gasteiger partial charge >= 0.3 is 6.09 Å². The number of aryl methyl sites for hydroxylation is 1. The Bertz CT molecular complexity index is 596. The summed E-state index contributed by atoms with van der Waals surface area (Å²) in [6, 6.07) is 6.46. The number of hydrogen-bond donors (Lipinski definition) is 2. The number of ether oxygens (including phenoxy) is 1. The van der Waals surface area contributed by atoms with E-state index in [0.717, 1.165) is 37.9 Å². The van der Waals surface area contributed by atoms with Gasteiger partial charge in [0.15, 0.2) is 0 Å². The lowest BCUT2D eigenvalue weighted by Crippen LogP contribution is -2.27. The summed E-state index contributed by atoms with van der Waals surface area (Å²) in [4.78, 5) is 11.8. The van der Waals surface area contributed by atoms with Crippen LogP contribution in [0.5, 0.6) is 0 Å². The van der Waals surface area contributed by atoms with Crippen LogP contribution in [0.2, 0.25) is 0 Å². The summed E-state index contributed by atoms with van der Waals surface area (Å²) in [6.45, 7) is 6.50. The Labute approximate surface area is 139 Å². The molecule has 0 heterocycles. The smallest absolute Gasteiger partial charge is 0.412 e. The van der Waals surface area contributed by atoms with Crippen LogP contribution < -0.4 is 10.6 Å². The molecule has 0 radical (unpaired) electrons. The van der Waals surface area contributed by atoms with Crippen molar-refractivity contribution in [2.24, 2.45) is 0 Å². The summed E-state index contributed by atoms with van der Waals surface area (Å²) in [5.74, 6) is 2.66. The van der Waals surface area contributed by atoms with E-state index in [-0.39, 0.29) is 0 Å². The van der Waals surface area contributed by atoms with Gasteiger partial charge in [0, 0.05) is 18.2 Å². The van der Waals surface area contributed by atoms with E-state index in [0.29, 0.717) is 6.04 Å². The van der Waals surface area contributed by atoms with Gasteiger partial charge in [-0.3, -0.25) is 5.32 Å². The van der Waals surface area contributed by atoms with E-state index in [2.05, 4.69) is 22.6 Å². The van der Waals surface area contributed by atoms with E-state index >= 15 is 0 Å². The summed E-state index contributed by atoms with van der Waals surface area (Å²) in [5, 5.41) is 6.36. The third kappa shape index (κ3) is 5.30. The van der Waals surface area contributed by atoms with Crippen molar-refractivity contribution < 1.29 is 9.53 Å². The lowest BCUT2D eigenvalue weighted by molar-refractivity contribution is 0.0636. The fourth-order valence-electron chi connectivity index (χ4n) is 2.80. The molecule has 1 atom stereocenters. The lowest BCUT2D eigenvalue weighted by Gasteiger charge is -2.20. The third-order valence-corrected chi connectivity index (χ3v) is 3.75. The van der Waals surface area contributed by atoms with Crippen LogP contribution in [-0.4, -0.2) is 18.2 Å². The molecule has 0 saturated carbocycles. The zero-order chi connectivity index (χ0) is 16.9. The standard InChI is InChI=1S/C19H26N2O2/c1-5-6-7-12-20-17-11-8-14-13-15(9-10-16(14)17)21-18(22)23-19(2,3)4/h1,9-10,13,17,20H,6-8,11-12H2,2-4H3,(H,21,22). The van der Waals surface area contributed by atoms with Crippen molar-refractivity contribution in [1.29, 1.82) is 0 Å². The second kappa shape index (κ2) is 7.52. The number of nitrogens with one attached hydrogen (secondary N) is 2. The van der Waals surface area contributed by atoms with Crippen molar-refractivity contribution in [2.45, 2.75) is 58.1 Å². The Morgan fingerprint density at radius 2 is 2.22 bits per heavy atom.